The summed E-state index contributed by atoms with van der Waals surface area (Å²) in [5.74, 6) is 0.735. The molecule has 5 rings (SSSR count). The zero-order valence-electron chi connectivity index (χ0n) is 22.9. The highest BCUT2D eigenvalue weighted by Crippen LogP contribution is 2.52. The molecule has 0 spiro atoms. The van der Waals surface area contributed by atoms with E-state index in [0.29, 0.717) is 11.1 Å². The van der Waals surface area contributed by atoms with Crippen LogP contribution in [0.25, 0.3) is 44.5 Å². The van der Waals surface area contributed by atoms with Gasteiger partial charge in [-0.15, -0.1) is 0 Å². The molecule has 39 heavy (non-hydrogen) atoms. The van der Waals surface area contributed by atoms with E-state index in [1.807, 2.05) is 98.8 Å². The maximum atomic E-state index is 13.2. The van der Waals surface area contributed by atoms with E-state index in [4.69, 9.17) is 4.74 Å². The minimum Gasteiger partial charge on any atom is -0.497 e. The van der Waals surface area contributed by atoms with E-state index in [1.54, 1.807) is 7.11 Å². The standard InChI is InChI=1S/C35H31NO3/c1-22-13-15-27(16-14-22)33-31(26-17-19-29(39-5)20-18-26)25(4)32(30-12-7-6-10-24(30)3)34(35(33)36(37)38)28-11-8-9-23(2)21-28/h6-21H,1-5H3. The zero-order valence-corrected chi connectivity index (χ0v) is 22.9. The summed E-state index contributed by atoms with van der Waals surface area (Å²) in [7, 11) is 1.63. The highest BCUT2D eigenvalue weighted by atomic mass is 16.6. The summed E-state index contributed by atoms with van der Waals surface area (Å²) in [5.41, 5.74) is 10.8. The van der Waals surface area contributed by atoms with Crippen LogP contribution in [0.15, 0.2) is 97.1 Å². The van der Waals surface area contributed by atoms with Gasteiger partial charge < -0.3 is 4.74 Å². The molecule has 0 saturated heterocycles. The van der Waals surface area contributed by atoms with Crippen LogP contribution in [0.2, 0.25) is 0 Å². The quantitative estimate of drug-likeness (QED) is 0.168. The Bertz CT molecular complexity index is 1680. The summed E-state index contributed by atoms with van der Waals surface area (Å²) < 4.78 is 5.41. The van der Waals surface area contributed by atoms with Crippen molar-refractivity contribution < 1.29 is 9.66 Å². The van der Waals surface area contributed by atoms with Gasteiger partial charge in [0, 0.05) is 5.56 Å². The average molecular weight is 514 g/mol. The number of ether oxygens (including phenoxy) is 1. The molecule has 0 saturated carbocycles. The Morgan fingerprint density at radius 2 is 1.23 bits per heavy atom. The van der Waals surface area contributed by atoms with Gasteiger partial charge in [-0.2, -0.15) is 0 Å². The molecule has 0 atom stereocenters. The van der Waals surface area contributed by atoms with Crippen molar-refractivity contribution in [3.8, 4) is 50.3 Å². The van der Waals surface area contributed by atoms with Crippen molar-refractivity contribution in [1.82, 2.24) is 0 Å². The third-order valence-corrected chi connectivity index (χ3v) is 7.35. The molecule has 0 N–H and O–H groups in total. The summed E-state index contributed by atoms with van der Waals surface area (Å²) in [4.78, 5) is 13.0. The molecular formula is C35H31NO3. The lowest BCUT2D eigenvalue weighted by Gasteiger charge is -2.23. The van der Waals surface area contributed by atoms with Gasteiger partial charge >= 0.3 is 0 Å². The number of methoxy groups -OCH3 is 1. The molecule has 0 unspecified atom stereocenters. The minimum absolute atomic E-state index is 0.110. The van der Waals surface area contributed by atoms with Crippen LogP contribution in [-0.2, 0) is 0 Å². The van der Waals surface area contributed by atoms with E-state index >= 15 is 0 Å². The highest BCUT2D eigenvalue weighted by molar-refractivity contribution is 6.05. The van der Waals surface area contributed by atoms with Gasteiger partial charge in [-0.1, -0.05) is 96.1 Å². The normalized spacial score (nSPS) is 10.9. The molecule has 0 aliphatic carbocycles. The summed E-state index contributed by atoms with van der Waals surface area (Å²) >= 11 is 0. The number of benzene rings is 5. The van der Waals surface area contributed by atoms with Crippen LogP contribution >= 0.6 is 0 Å². The van der Waals surface area contributed by atoms with Gasteiger partial charge in [0.1, 0.15) is 5.75 Å². The van der Waals surface area contributed by atoms with E-state index in [9.17, 15) is 10.1 Å². The molecule has 0 aromatic heterocycles. The molecule has 0 fully saturated rings. The number of hydrogen-bond donors (Lipinski definition) is 0. The molecule has 0 amide bonds. The van der Waals surface area contributed by atoms with E-state index in [-0.39, 0.29) is 10.6 Å². The van der Waals surface area contributed by atoms with Crippen molar-refractivity contribution in [1.29, 1.82) is 0 Å². The Balaban J connectivity index is 2.04. The van der Waals surface area contributed by atoms with Crippen LogP contribution in [0, 0.1) is 37.8 Å². The van der Waals surface area contributed by atoms with E-state index < -0.39 is 0 Å². The number of aryl methyl sites for hydroxylation is 3. The Morgan fingerprint density at radius 3 is 1.85 bits per heavy atom. The molecule has 194 valence electrons. The van der Waals surface area contributed by atoms with Gasteiger partial charge in [-0.25, -0.2) is 0 Å². The fourth-order valence-electron chi connectivity index (χ4n) is 5.44. The molecular weight excluding hydrogens is 482 g/mol. The number of rotatable bonds is 6. The molecule has 5 aromatic rings. The fraction of sp³-hybridized carbons (Fsp3) is 0.143. The first-order valence-corrected chi connectivity index (χ1v) is 13.0. The molecule has 0 heterocycles. The Hall–Kier alpha value is -4.70. The smallest absolute Gasteiger partial charge is 0.286 e. The monoisotopic (exact) mass is 513 g/mol. The first-order valence-electron chi connectivity index (χ1n) is 13.0. The number of nitro groups is 1. The SMILES string of the molecule is COc1ccc(-c2c(C)c(-c3ccccc3C)c(-c3cccc(C)c3)c([N+](=O)[O-])c2-c2ccc(C)cc2)cc1. The van der Waals surface area contributed by atoms with Crippen molar-refractivity contribution in [2.75, 3.05) is 7.11 Å². The molecule has 0 aliphatic rings. The van der Waals surface area contributed by atoms with Gasteiger partial charge in [0.2, 0.25) is 0 Å². The second-order valence-electron chi connectivity index (χ2n) is 10.0. The van der Waals surface area contributed by atoms with Gasteiger partial charge in [0.15, 0.2) is 0 Å². The summed E-state index contributed by atoms with van der Waals surface area (Å²) in [6.45, 7) is 8.18. The second-order valence-corrected chi connectivity index (χ2v) is 10.0. The minimum atomic E-state index is -0.207. The number of nitro benzene ring substituents is 1. The molecule has 0 aliphatic heterocycles. The number of nitrogens with zero attached hydrogens (tertiary/aromatic N) is 1. The third kappa shape index (κ3) is 4.82. The first-order chi connectivity index (χ1) is 18.8. The topological polar surface area (TPSA) is 52.4 Å². The summed E-state index contributed by atoms with van der Waals surface area (Å²) in [6.07, 6.45) is 0. The second kappa shape index (κ2) is 10.6. The predicted octanol–water partition coefficient (Wildman–Crippen LogP) is 9.51. The molecule has 4 heteroatoms. The molecule has 4 nitrogen and oxygen atoms in total. The predicted molar refractivity (Wildman–Crippen MR) is 160 cm³/mol. The van der Waals surface area contributed by atoms with E-state index in [0.717, 1.165) is 61.4 Å². The van der Waals surface area contributed by atoms with Crippen LogP contribution in [0.5, 0.6) is 5.75 Å². The fourth-order valence-corrected chi connectivity index (χ4v) is 5.44. The largest absolute Gasteiger partial charge is 0.497 e. The molecule has 0 radical (unpaired) electrons. The van der Waals surface area contributed by atoms with Crippen molar-refractivity contribution >= 4 is 5.69 Å². The first kappa shape index (κ1) is 25.9. The van der Waals surface area contributed by atoms with Gasteiger partial charge in [0.05, 0.1) is 23.2 Å². The van der Waals surface area contributed by atoms with E-state index in [2.05, 4.69) is 26.0 Å². The van der Waals surface area contributed by atoms with Crippen molar-refractivity contribution in [3.63, 3.8) is 0 Å². The highest BCUT2D eigenvalue weighted by Gasteiger charge is 2.32. The summed E-state index contributed by atoms with van der Waals surface area (Å²) in [6, 6.07) is 31.9. The maximum Gasteiger partial charge on any atom is 0.286 e. The zero-order chi connectivity index (χ0) is 27.7. The lowest BCUT2D eigenvalue weighted by molar-refractivity contribution is -0.383. The lowest BCUT2D eigenvalue weighted by atomic mass is 9.79. The average Bonchev–Trinajstić information content (AvgIpc) is 2.93. The maximum absolute atomic E-state index is 13.2. The molecule has 0 bridgehead atoms. The third-order valence-electron chi connectivity index (χ3n) is 7.35. The van der Waals surface area contributed by atoms with Crippen molar-refractivity contribution in [2.24, 2.45) is 0 Å². The van der Waals surface area contributed by atoms with Crippen LogP contribution in [-0.4, -0.2) is 12.0 Å². The Morgan fingerprint density at radius 1 is 0.615 bits per heavy atom. The van der Waals surface area contributed by atoms with E-state index in [1.165, 1.54) is 0 Å². The van der Waals surface area contributed by atoms with Crippen molar-refractivity contribution in [2.45, 2.75) is 27.7 Å². The number of hydrogen-bond acceptors (Lipinski definition) is 3. The van der Waals surface area contributed by atoms with Crippen molar-refractivity contribution in [3.05, 3.63) is 129 Å². The van der Waals surface area contributed by atoms with Crippen LogP contribution in [0.3, 0.4) is 0 Å². The lowest BCUT2D eigenvalue weighted by Crippen LogP contribution is -2.04. The van der Waals surface area contributed by atoms with Gasteiger partial charge in [-0.3, -0.25) is 10.1 Å². The molecule has 5 aromatic carbocycles. The Labute approximate surface area is 229 Å². The van der Waals surface area contributed by atoms with Crippen LogP contribution in [0.4, 0.5) is 5.69 Å². The Kier molecular flexibility index (Phi) is 7.03. The van der Waals surface area contributed by atoms with Crippen LogP contribution in [0.1, 0.15) is 22.3 Å². The van der Waals surface area contributed by atoms with Crippen LogP contribution < -0.4 is 4.74 Å². The summed E-state index contributed by atoms with van der Waals surface area (Å²) in [5, 5.41) is 13.2. The van der Waals surface area contributed by atoms with Gasteiger partial charge in [0.25, 0.3) is 5.69 Å². The van der Waals surface area contributed by atoms with Gasteiger partial charge in [-0.05, 0) is 78.8 Å².